The van der Waals surface area contributed by atoms with Gasteiger partial charge in [0, 0.05) is 36.1 Å². The monoisotopic (exact) mass is 584 g/mol. The highest BCUT2D eigenvalue weighted by Gasteiger charge is 2.34. The van der Waals surface area contributed by atoms with Gasteiger partial charge in [-0.15, -0.1) is 0 Å². The molecule has 0 aromatic heterocycles. The summed E-state index contributed by atoms with van der Waals surface area (Å²) >= 11 is 0. The SMILES string of the molecule is CCCCCCCCCCCCCCCCCCN1C=C/C(=C\c2ccc([N+](=O)[O-])cc2C(F)(F)F)c2ccccc21. The Morgan fingerprint density at radius 2 is 1.33 bits per heavy atom. The van der Waals surface area contributed by atoms with Crippen molar-refractivity contribution in [1.29, 1.82) is 0 Å². The average Bonchev–Trinajstić information content (AvgIpc) is 2.97. The van der Waals surface area contributed by atoms with Gasteiger partial charge in [0.15, 0.2) is 0 Å². The zero-order valence-corrected chi connectivity index (χ0v) is 25.1. The van der Waals surface area contributed by atoms with Gasteiger partial charge in [-0.3, -0.25) is 10.1 Å². The number of alkyl halides is 3. The first kappa shape index (κ1) is 33.4. The highest BCUT2D eigenvalue weighted by molar-refractivity contribution is 5.95. The molecule has 7 heteroatoms. The Balaban J connectivity index is 1.41. The van der Waals surface area contributed by atoms with Crippen LogP contribution in [-0.4, -0.2) is 11.5 Å². The fourth-order valence-corrected chi connectivity index (χ4v) is 5.66. The molecule has 1 aliphatic rings. The van der Waals surface area contributed by atoms with E-state index < -0.39 is 22.4 Å². The number of rotatable bonds is 19. The number of nitro benzene ring substituents is 1. The van der Waals surface area contributed by atoms with E-state index in [9.17, 15) is 23.3 Å². The topological polar surface area (TPSA) is 46.4 Å². The van der Waals surface area contributed by atoms with Crippen LogP contribution in [0.4, 0.5) is 24.5 Å². The van der Waals surface area contributed by atoms with Gasteiger partial charge in [-0.25, -0.2) is 0 Å². The van der Waals surface area contributed by atoms with Crippen molar-refractivity contribution in [1.82, 2.24) is 0 Å². The van der Waals surface area contributed by atoms with Crippen LogP contribution >= 0.6 is 0 Å². The summed E-state index contributed by atoms with van der Waals surface area (Å²) in [5.41, 5.74) is 0.785. The molecule has 3 rings (SSSR count). The van der Waals surface area contributed by atoms with Crippen LogP contribution in [0.1, 0.15) is 126 Å². The zero-order valence-electron chi connectivity index (χ0n) is 25.1. The average molecular weight is 585 g/mol. The number of anilines is 1. The minimum Gasteiger partial charge on any atom is -0.347 e. The molecule has 4 nitrogen and oxygen atoms in total. The van der Waals surface area contributed by atoms with E-state index in [2.05, 4.69) is 11.8 Å². The molecule has 2 aromatic carbocycles. The molecule has 0 bridgehead atoms. The number of hydrogen-bond acceptors (Lipinski definition) is 3. The van der Waals surface area contributed by atoms with Gasteiger partial charge in [0.2, 0.25) is 0 Å². The number of nitrogens with zero attached hydrogens (tertiary/aromatic N) is 2. The Labute approximate surface area is 249 Å². The van der Waals surface area contributed by atoms with Crippen LogP contribution in [0.3, 0.4) is 0 Å². The minimum absolute atomic E-state index is 0.0891. The lowest BCUT2D eigenvalue weighted by Crippen LogP contribution is -2.21. The van der Waals surface area contributed by atoms with Crippen molar-refractivity contribution in [2.75, 3.05) is 11.4 Å². The summed E-state index contributed by atoms with van der Waals surface area (Å²) in [6, 6.07) is 10.6. The quantitative estimate of drug-likeness (QED) is 0.0937. The fourth-order valence-electron chi connectivity index (χ4n) is 5.66. The normalized spacial score (nSPS) is 14.0. The Hall–Kier alpha value is -3.09. The number of para-hydroxylation sites is 1. The molecular weight excluding hydrogens is 537 g/mol. The van der Waals surface area contributed by atoms with Crippen LogP contribution in [0, 0.1) is 10.1 Å². The predicted octanol–water partition coefficient (Wildman–Crippen LogP) is 11.7. The second-order valence-corrected chi connectivity index (χ2v) is 11.5. The highest BCUT2D eigenvalue weighted by Crippen LogP contribution is 2.39. The first-order valence-electron chi connectivity index (χ1n) is 15.9. The Morgan fingerprint density at radius 1 is 0.786 bits per heavy atom. The lowest BCUT2D eigenvalue weighted by atomic mass is 9.95. The Morgan fingerprint density at radius 3 is 1.88 bits per heavy atom. The molecule has 0 spiro atoms. The number of allylic oxidation sites excluding steroid dienone is 2. The van der Waals surface area contributed by atoms with E-state index in [1.807, 2.05) is 36.5 Å². The molecule has 1 heterocycles. The number of halogens is 3. The third-order valence-corrected chi connectivity index (χ3v) is 8.08. The number of non-ortho nitro benzene ring substituents is 1. The minimum atomic E-state index is -4.70. The van der Waals surface area contributed by atoms with Crippen LogP contribution in [0.25, 0.3) is 11.6 Å². The van der Waals surface area contributed by atoms with E-state index in [0.717, 1.165) is 36.7 Å². The number of benzene rings is 2. The van der Waals surface area contributed by atoms with Gasteiger partial charge in [-0.05, 0) is 41.8 Å². The van der Waals surface area contributed by atoms with E-state index in [4.69, 9.17) is 0 Å². The van der Waals surface area contributed by atoms with Crippen molar-refractivity contribution in [3.63, 3.8) is 0 Å². The molecule has 0 saturated carbocycles. The van der Waals surface area contributed by atoms with E-state index >= 15 is 0 Å². The maximum atomic E-state index is 13.7. The van der Waals surface area contributed by atoms with Gasteiger partial charge in [0.25, 0.3) is 5.69 Å². The smallest absolute Gasteiger partial charge is 0.347 e. The highest BCUT2D eigenvalue weighted by atomic mass is 19.4. The third-order valence-electron chi connectivity index (χ3n) is 8.08. The summed E-state index contributed by atoms with van der Waals surface area (Å²) in [5.74, 6) is 0. The summed E-state index contributed by atoms with van der Waals surface area (Å²) in [6.07, 6.45) is 21.7. The van der Waals surface area contributed by atoms with Crippen molar-refractivity contribution < 1.29 is 18.1 Å². The zero-order chi connectivity index (χ0) is 30.2. The van der Waals surface area contributed by atoms with Gasteiger partial charge in [0.05, 0.1) is 10.5 Å². The van der Waals surface area contributed by atoms with Crippen molar-refractivity contribution in [2.24, 2.45) is 0 Å². The second kappa shape index (κ2) is 17.8. The van der Waals surface area contributed by atoms with Crippen LogP contribution in [0.2, 0.25) is 0 Å². The summed E-state index contributed by atoms with van der Waals surface area (Å²) in [7, 11) is 0. The van der Waals surface area contributed by atoms with Crippen LogP contribution in [-0.2, 0) is 6.18 Å². The lowest BCUT2D eigenvalue weighted by Gasteiger charge is -2.28. The molecule has 42 heavy (non-hydrogen) atoms. The summed E-state index contributed by atoms with van der Waals surface area (Å²) in [5, 5.41) is 11.0. The van der Waals surface area contributed by atoms with Crippen molar-refractivity contribution >= 4 is 23.0 Å². The molecule has 0 radical (unpaired) electrons. The molecule has 0 amide bonds. The molecule has 0 atom stereocenters. The number of nitro groups is 1. The number of unbranched alkanes of at least 4 members (excludes halogenated alkanes) is 15. The molecule has 1 aliphatic heterocycles. The largest absolute Gasteiger partial charge is 0.417 e. The van der Waals surface area contributed by atoms with Crippen LogP contribution < -0.4 is 4.90 Å². The van der Waals surface area contributed by atoms with E-state index in [-0.39, 0.29) is 5.56 Å². The summed E-state index contributed by atoms with van der Waals surface area (Å²) in [4.78, 5) is 12.4. The van der Waals surface area contributed by atoms with Crippen molar-refractivity contribution in [3.8, 4) is 0 Å². The summed E-state index contributed by atoms with van der Waals surface area (Å²) < 4.78 is 41.1. The number of hydrogen-bond donors (Lipinski definition) is 0. The Kier molecular flexibility index (Phi) is 14.1. The van der Waals surface area contributed by atoms with Gasteiger partial charge < -0.3 is 4.90 Å². The lowest BCUT2D eigenvalue weighted by molar-refractivity contribution is -0.385. The van der Waals surface area contributed by atoms with Crippen molar-refractivity contribution in [3.05, 3.63) is 81.5 Å². The van der Waals surface area contributed by atoms with Gasteiger partial charge in [0.1, 0.15) is 0 Å². The van der Waals surface area contributed by atoms with E-state index in [1.165, 1.54) is 102 Å². The van der Waals surface area contributed by atoms with Crippen LogP contribution in [0.5, 0.6) is 0 Å². The standard InChI is InChI=1S/C35H47F3N2O2/c1-2-3-4-5-6-7-8-9-10-11-12-13-14-15-16-19-25-39-26-24-29(32-20-17-18-21-34(32)39)27-30-22-23-31(40(41)42)28-33(30)35(36,37)38/h17-18,20-24,26-28H,2-16,19,25H2,1H3/b29-27+. The van der Waals surface area contributed by atoms with Gasteiger partial charge >= 0.3 is 6.18 Å². The molecule has 0 fully saturated rings. The molecule has 230 valence electrons. The maximum Gasteiger partial charge on any atom is 0.417 e. The molecule has 0 aliphatic carbocycles. The Bertz CT molecular complexity index is 1170. The molecule has 0 unspecified atom stereocenters. The van der Waals surface area contributed by atoms with Crippen molar-refractivity contribution in [2.45, 2.75) is 116 Å². The van der Waals surface area contributed by atoms with Gasteiger partial charge in [-0.1, -0.05) is 121 Å². The second-order valence-electron chi connectivity index (χ2n) is 11.5. The first-order valence-corrected chi connectivity index (χ1v) is 15.9. The summed E-state index contributed by atoms with van der Waals surface area (Å²) in [6.45, 7) is 3.12. The third kappa shape index (κ3) is 11.0. The van der Waals surface area contributed by atoms with Gasteiger partial charge in [-0.2, -0.15) is 13.2 Å². The fraction of sp³-hybridized carbons (Fsp3) is 0.543. The first-order chi connectivity index (χ1) is 20.3. The van der Waals surface area contributed by atoms with E-state index in [0.29, 0.717) is 11.6 Å². The molecule has 2 aromatic rings. The molecule has 0 saturated heterocycles. The van der Waals surface area contributed by atoms with Crippen LogP contribution in [0.15, 0.2) is 54.7 Å². The molecular formula is C35H47F3N2O2. The van der Waals surface area contributed by atoms with E-state index in [1.54, 1.807) is 0 Å². The predicted molar refractivity (Wildman–Crippen MR) is 168 cm³/mol. The number of fused-ring (bicyclic) bond motifs is 1. The molecule has 0 N–H and O–H groups in total. The maximum absolute atomic E-state index is 13.7.